The van der Waals surface area contributed by atoms with Crippen LogP contribution in [0.15, 0.2) is 24.3 Å². The minimum Gasteiger partial charge on any atom is -0.486 e. The first kappa shape index (κ1) is 22.0. The molecule has 0 unspecified atom stereocenters. The molecule has 1 aromatic carbocycles. The second-order valence-electron chi connectivity index (χ2n) is 5.50. The van der Waals surface area contributed by atoms with Crippen LogP contribution >= 0.6 is 47.8 Å². The maximum Gasteiger partial charge on any atom is 0.263 e. The highest BCUT2D eigenvalue weighted by Crippen LogP contribution is 2.21. The van der Waals surface area contributed by atoms with Crippen molar-refractivity contribution in [2.75, 3.05) is 19.6 Å². The number of hydrogen-bond acceptors (Lipinski definition) is 5. The van der Waals surface area contributed by atoms with Crippen LogP contribution in [0, 0.1) is 12.8 Å². The van der Waals surface area contributed by atoms with Gasteiger partial charge in [-0.3, -0.25) is 4.79 Å². The number of rotatable bonds is 6. The average molecular weight is 425 g/mol. The Bertz CT molecular complexity index is 690. The minimum atomic E-state index is -0.0513. The molecule has 2 heterocycles. The smallest absolute Gasteiger partial charge is 0.263 e. The summed E-state index contributed by atoms with van der Waals surface area (Å²) >= 11 is 7.22. The van der Waals surface area contributed by atoms with Gasteiger partial charge in [-0.05, 0) is 31.2 Å². The molecule has 1 amide bonds. The molecule has 2 N–H and O–H groups in total. The summed E-state index contributed by atoms with van der Waals surface area (Å²) in [7, 11) is 0. The molecule has 5 nitrogen and oxygen atoms in total. The summed E-state index contributed by atoms with van der Waals surface area (Å²) in [5, 5.41) is 7.62. The summed E-state index contributed by atoms with van der Waals surface area (Å²) in [6.45, 7) is 4.85. The van der Waals surface area contributed by atoms with Gasteiger partial charge in [-0.1, -0.05) is 11.6 Å². The number of benzene rings is 1. The molecule has 25 heavy (non-hydrogen) atoms. The SMILES string of the molecule is Cc1nc(COc2ccc(Cl)cc2)sc1C(=O)NCC1CNC1.Cl.Cl. The van der Waals surface area contributed by atoms with Gasteiger partial charge in [0.2, 0.25) is 0 Å². The van der Waals surface area contributed by atoms with Crippen molar-refractivity contribution in [1.82, 2.24) is 15.6 Å². The highest BCUT2D eigenvalue weighted by atomic mass is 35.5. The van der Waals surface area contributed by atoms with Gasteiger partial charge in [0.1, 0.15) is 22.2 Å². The van der Waals surface area contributed by atoms with Crippen LogP contribution in [0.1, 0.15) is 20.4 Å². The lowest BCUT2D eigenvalue weighted by Gasteiger charge is -2.26. The zero-order chi connectivity index (χ0) is 16.2. The molecule has 1 saturated heterocycles. The first-order chi connectivity index (χ1) is 11.1. The van der Waals surface area contributed by atoms with Crippen molar-refractivity contribution in [3.05, 3.63) is 44.9 Å². The number of halogens is 3. The normalized spacial score (nSPS) is 13.2. The predicted molar refractivity (Wildman–Crippen MR) is 106 cm³/mol. The van der Waals surface area contributed by atoms with Gasteiger partial charge < -0.3 is 15.4 Å². The highest BCUT2D eigenvalue weighted by Gasteiger charge is 2.20. The van der Waals surface area contributed by atoms with Crippen LogP contribution in [0.25, 0.3) is 0 Å². The monoisotopic (exact) mass is 423 g/mol. The van der Waals surface area contributed by atoms with Gasteiger partial charge in [-0.15, -0.1) is 36.2 Å². The predicted octanol–water partition coefficient (Wildman–Crippen LogP) is 3.48. The molecule has 0 radical (unpaired) electrons. The molecule has 0 aliphatic carbocycles. The van der Waals surface area contributed by atoms with Crippen molar-refractivity contribution in [3.63, 3.8) is 0 Å². The van der Waals surface area contributed by atoms with Gasteiger partial charge in [-0.25, -0.2) is 4.98 Å². The van der Waals surface area contributed by atoms with Crippen LogP contribution in [0.2, 0.25) is 5.02 Å². The molecule has 1 aliphatic rings. The molecule has 2 aromatic rings. The van der Waals surface area contributed by atoms with Gasteiger partial charge >= 0.3 is 0 Å². The van der Waals surface area contributed by atoms with Crippen LogP contribution in [-0.4, -0.2) is 30.5 Å². The van der Waals surface area contributed by atoms with Crippen LogP contribution in [0.4, 0.5) is 0 Å². The summed E-state index contributed by atoms with van der Waals surface area (Å²) in [6.07, 6.45) is 0. The number of nitrogens with one attached hydrogen (secondary N) is 2. The van der Waals surface area contributed by atoms with Gasteiger partial charge in [-0.2, -0.15) is 0 Å². The molecular formula is C16H20Cl3N3O2S. The number of amides is 1. The molecule has 9 heteroatoms. The lowest BCUT2D eigenvalue weighted by molar-refractivity contribution is 0.0945. The Hall–Kier alpha value is -1.05. The number of nitrogens with zero attached hydrogens (tertiary/aromatic N) is 1. The fourth-order valence-corrected chi connectivity index (χ4v) is 3.23. The molecule has 138 valence electrons. The first-order valence-corrected chi connectivity index (χ1v) is 8.65. The third-order valence-corrected chi connectivity index (χ3v) is 5.02. The first-order valence-electron chi connectivity index (χ1n) is 7.45. The van der Waals surface area contributed by atoms with E-state index in [2.05, 4.69) is 15.6 Å². The Labute approximate surface area is 168 Å². The zero-order valence-electron chi connectivity index (χ0n) is 13.6. The Kier molecular flexibility index (Phi) is 8.96. The van der Waals surface area contributed by atoms with Crippen molar-refractivity contribution < 1.29 is 9.53 Å². The van der Waals surface area contributed by atoms with E-state index in [1.54, 1.807) is 12.1 Å². The van der Waals surface area contributed by atoms with Crippen molar-refractivity contribution in [2.24, 2.45) is 5.92 Å². The summed E-state index contributed by atoms with van der Waals surface area (Å²) in [5.41, 5.74) is 0.744. The second kappa shape index (κ2) is 10.2. The van der Waals surface area contributed by atoms with Crippen LogP contribution < -0.4 is 15.4 Å². The van der Waals surface area contributed by atoms with Crippen molar-refractivity contribution in [2.45, 2.75) is 13.5 Å². The number of aromatic nitrogens is 1. The Morgan fingerprint density at radius 2 is 2.04 bits per heavy atom. The van der Waals surface area contributed by atoms with Crippen molar-refractivity contribution in [3.8, 4) is 5.75 Å². The third-order valence-electron chi connectivity index (χ3n) is 3.64. The Morgan fingerprint density at radius 1 is 1.36 bits per heavy atom. The van der Waals surface area contributed by atoms with Crippen LogP contribution in [0.5, 0.6) is 5.75 Å². The van der Waals surface area contributed by atoms with Gasteiger partial charge in [0.25, 0.3) is 5.91 Å². The van der Waals surface area contributed by atoms with Crippen LogP contribution in [0.3, 0.4) is 0 Å². The molecule has 0 spiro atoms. The largest absolute Gasteiger partial charge is 0.486 e. The molecular weight excluding hydrogens is 405 g/mol. The van der Waals surface area contributed by atoms with E-state index in [9.17, 15) is 4.79 Å². The topological polar surface area (TPSA) is 63.2 Å². The highest BCUT2D eigenvalue weighted by molar-refractivity contribution is 7.13. The minimum absolute atomic E-state index is 0. The maximum absolute atomic E-state index is 12.2. The molecule has 0 bridgehead atoms. The third kappa shape index (κ3) is 6.01. The standard InChI is InChI=1S/C16H18ClN3O2S.2ClH/c1-10-15(16(21)19-8-11-6-18-7-11)23-14(20-10)9-22-13-4-2-12(17)3-5-13;;/h2-5,11,18H,6-9H2,1H3,(H,19,21);2*1H. The summed E-state index contributed by atoms with van der Waals surface area (Å²) < 4.78 is 5.67. The lowest BCUT2D eigenvalue weighted by Crippen LogP contribution is -2.48. The molecule has 1 aromatic heterocycles. The second-order valence-corrected chi connectivity index (χ2v) is 7.02. The van der Waals surface area contributed by atoms with E-state index in [1.807, 2.05) is 19.1 Å². The number of thiazole rings is 1. The number of carbonyl (C=O) groups excluding carboxylic acids is 1. The van der Waals surface area contributed by atoms with E-state index in [-0.39, 0.29) is 30.7 Å². The molecule has 0 atom stereocenters. The zero-order valence-corrected chi connectivity index (χ0v) is 16.8. The molecule has 1 fully saturated rings. The lowest BCUT2D eigenvalue weighted by atomic mass is 10.0. The van der Waals surface area contributed by atoms with Crippen molar-refractivity contribution in [1.29, 1.82) is 0 Å². The quantitative estimate of drug-likeness (QED) is 0.745. The molecule has 0 saturated carbocycles. The van der Waals surface area contributed by atoms with Crippen molar-refractivity contribution >= 4 is 53.7 Å². The molecule has 1 aliphatic heterocycles. The van der Waals surface area contributed by atoms with E-state index < -0.39 is 0 Å². The summed E-state index contributed by atoms with van der Waals surface area (Å²) in [6, 6.07) is 7.17. The van der Waals surface area contributed by atoms with E-state index >= 15 is 0 Å². The summed E-state index contributed by atoms with van der Waals surface area (Å²) in [4.78, 5) is 17.3. The fraction of sp³-hybridized carbons (Fsp3) is 0.375. The van der Waals surface area contributed by atoms with E-state index in [4.69, 9.17) is 16.3 Å². The Balaban J connectivity index is 0.00000156. The summed E-state index contributed by atoms with van der Waals surface area (Å²) in [5.74, 6) is 1.22. The number of carbonyl (C=O) groups is 1. The number of ether oxygens (including phenoxy) is 1. The Morgan fingerprint density at radius 3 is 2.64 bits per heavy atom. The number of hydrogen-bond donors (Lipinski definition) is 2. The molecule has 3 rings (SSSR count). The van der Waals surface area contributed by atoms with E-state index in [1.165, 1.54) is 11.3 Å². The van der Waals surface area contributed by atoms with Gasteiger partial charge in [0, 0.05) is 30.6 Å². The van der Waals surface area contributed by atoms with Gasteiger partial charge in [0.05, 0.1) is 5.69 Å². The number of aryl methyl sites for hydroxylation is 1. The average Bonchev–Trinajstić information content (AvgIpc) is 2.86. The van der Waals surface area contributed by atoms with Gasteiger partial charge in [0.15, 0.2) is 0 Å². The van der Waals surface area contributed by atoms with Crippen LogP contribution in [-0.2, 0) is 6.61 Å². The van der Waals surface area contributed by atoms with E-state index in [0.29, 0.717) is 29.0 Å². The van der Waals surface area contributed by atoms with E-state index in [0.717, 1.165) is 29.5 Å². The maximum atomic E-state index is 12.2. The fourth-order valence-electron chi connectivity index (χ4n) is 2.21.